The Balaban J connectivity index is 1.66. The third-order valence-electron chi connectivity index (χ3n) is 4.69. The predicted octanol–water partition coefficient (Wildman–Crippen LogP) is 1.27. The Morgan fingerprint density at radius 3 is 2.70 bits per heavy atom. The first-order valence-corrected chi connectivity index (χ1v) is 8.61. The summed E-state index contributed by atoms with van der Waals surface area (Å²) in [5, 5.41) is 3.46. The number of hydrogen-bond acceptors (Lipinski definition) is 4. The molecule has 2 saturated heterocycles. The quantitative estimate of drug-likeness (QED) is 0.888. The van der Waals surface area contributed by atoms with Crippen LogP contribution in [0.3, 0.4) is 0 Å². The van der Waals surface area contributed by atoms with Crippen LogP contribution in [0.4, 0.5) is 0 Å². The molecule has 2 aliphatic heterocycles. The van der Waals surface area contributed by atoms with Gasteiger partial charge in [-0.05, 0) is 25.5 Å². The summed E-state index contributed by atoms with van der Waals surface area (Å²) in [6.45, 7) is 5.11. The first-order valence-electron chi connectivity index (χ1n) is 8.61. The number of nitrogens with zero attached hydrogens (tertiary/aromatic N) is 2. The molecule has 1 aromatic rings. The van der Waals surface area contributed by atoms with Gasteiger partial charge in [0.05, 0.1) is 12.7 Å². The van der Waals surface area contributed by atoms with Crippen LogP contribution in [0.1, 0.15) is 24.4 Å². The van der Waals surface area contributed by atoms with Gasteiger partial charge >= 0.3 is 0 Å². The molecule has 0 saturated carbocycles. The van der Waals surface area contributed by atoms with Crippen LogP contribution in [0.15, 0.2) is 30.3 Å². The van der Waals surface area contributed by atoms with Crippen molar-refractivity contribution in [3.05, 3.63) is 35.9 Å². The minimum atomic E-state index is -0.273. The molecule has 0 unspecified atom stereocenters. The van der Waals surface area contributed by atoms with Crippen molar-refractivity contribution in [3.8, 4) is 0 Å². The minimum absolute atomic E-state index is 0.145. The molecule has 5 heteroatoms. The molecule has 0 radical (unpaired) electrons. The normalized spacial score (nSPS) is 23.9. The summed E-state index contributed by atoms with van der Waals surface area (Å²) in [5.41, 5.74) is 1.04. The zero-order chi connectivity index (χ0) is 16.1. The monoisotopic (exact) mass is 317 g/mol. The maximum Gasteiger partial charge on any atom is 0.244 e. The highest BCUT2D eigenvalue weighted by Crippen LogP contribution is 2.19. The van der Waals surface area contributed by atoms with Gasteiger partial charge in [-0.25, -0.2) is 0 Å². The Bertz CT molecular complexity index is 502. The van der Waals surface area contributed by atoms with E-state index in [2.05, 4.69) is 17.3 Å². The van der Waals surface area contributed by atoms with Gasteiger partial charge in [-0.15, -0.1) is 0 Å². The number of likely N-dealkylation sites (N-methyl/N-ethyl adjacent to an activating group) is 1. The number of carbonyl (C=O) groups excluding carboxylic acids is 1. The van der Waals surface area contributed by atoms with Crippen LogP contribution in [0.5, 0.6) is 0 Å². The topological polar surface area (TPSA) is 44.8 Å². The van der Waals surface area contributed by atoms with Gasteiger partial charge in [-0.2, -0.15) is 0 Å². The second-order valence-electron chi connectivity index (χ2n) is 6.54. The van der Waals surface area contributed by atoms with E-state index in [0.717, 1.165) is 51.2 Å². The van der Waals surface area contributed by atoms with Crippen molar-refractivity contribution < 1.29 is 9.53 Å². The van der Waals surface area contributed by atoms with Crippen molar-refractivity contribution in [3.63, 3.8) is 0 Å². The van der Waals surface area contributed by atoms with Gasteiger partial charge in [0.25, 0.3) is 0 Å². The molecule has 0 aliphatic carbocycles. The SMILES string of the molecule is CN1CCO[C@H](CN[C@H](C(=O)N2CCCC2)c2ccccc2)C1. The van der Waals surface area contributed by atoms with E-state index < -0.39 is 0 Å². The molecule has 1 aromatic carbocycles. The van der Waals surface area contributed by atoms with Gasteiger partial charge in [-0.1, -0.05) is 30.3 Å². The van der Waals surface area contributed by atoms with E-state index in [0.29, 0.717) is 6.54 Å². The zero-order valence-corrected chi connectivity index (χ0v) is 13.9. The van der Waals surface area contributed by atoms with Crippen LogP contribution in [0.25, 0.3) is 0 Å². The number of morpholine rings is 1. The smallest absolute Gasteiger partial charge is 0.244 e. The van der Waals surface area contributed by atoms with Crippen molar-refractivity contribution in [2.45, 2.75) is 25.0 Å². The standard InChI is InChI=1S/C18H27N3O2/c1-20-11-12-23-16(14-20)13-19-17(15-7-3-2-4-8-15)18(22)21-9-5-6-10-21/h2-4,7-8,16-17,19H,5-6,9-14H2,1H3/t16-,17+/m1/s1. The highest BCUT2D eigenvalue weighted by molar-refractivity contribution is 5.83. The summed E-state index contributed by atoms with van der Waals surface area (Å²) < 4.78 is 5.81. The summed E-state index contributed by atoms with van der Waals surface area (Å²) >= 11 is 0. The van der Waals surface area contributed by atoms with Crippen LogP contribution >= 0.6 is 0 Å². The van der Waals surface area contributed by atoms with Gasteiger partial charge in [0.15, 0.2) is 0 Å². The summed E-state index contributed by atoms with van der Waals surface area (Å²) in [5.74, 6) is 0.192. The Labute approximate surface area is 138 Å². The van der Waals surface area contributed by atoms with E-state index in [1.54, 1.807) is 0 Å². The lowest BCUT2D eigenvalue weighted by molar-refractivity contribution is -0.132. The van der Waals surface area contributed by atoms with Gasteiger partial charge in [-0.3, -0.25) is 10.1 Å². The van der Waals surface area contributed by atoms with Crippen molar-refractivity contribution in [2.24, 2.45) is 0 Å². The molecule has 1 N–H and O–H groups in total. The van der Waals surface area contributed by atoms with Crippen LogP contribution in [-0.4, -0.2) is 68.2 Å². The number of ether oxygens (including phenoxy) is 1. The molecule has 23 heavy (non-hydrogen) atoms. The zero-order valence-electron chi connectivity index (χ0n) is 13.9. The van der Waals surface area contributed by atoms with Gasteiger partial charge in [0.2, 0.25) is 5.91 Å². The average Bonchev–Trinajstić information content (AvgIpc) is 3.10. The third kappa shape index (κ3) is 4.31. The van der Waals surface area contributed by atoms with E-state index >= 15 is 0 Å². The van der Waals surface area contributed by atoms with E-state index in [1.807, 2.05) is 35.2 Å². The Morgan fingerprint density at radius 2 is 2.00 bits per heavy atom. The number of benzene rings is 1. The van der Waals surface area contributed by atoms with Crippen molar-refractivity contribution in [1.82, 2.24) is 15.1 Å². The predicted molar refractivity (Wildman–Crippen MR) is 90.2 cm³/mol. The van der Waals surface area contributed by atoms with E-state index in [-0.39, 0.29) is 18.1 Å². The third-order valence-corrected chi connectivity index (χ3v) is 4.69. The molecule has 2 aliphatic rings. The molecular formula is C18H27N3O2. The molecule has 3 rings (SSSR count). The molecule has 126 valence electrons. The van der Waals surface area contributed by atoms with Crippen molar-refractivity contribution >= 4 is 5.91 Å². The second-order valence-corrected chi connectivity index (χ2v) is 6.54. The molecule has 2 atom stereocenters. The van der Waals surface area contributed by atoms with Gasteiger partial charge in [0.1, 0.15) is 6.04 Å². The number of nitrogens with one attached hydrogen (secondary N) is 1. The summed E-state index contributed by atoms with van der Waals surface area (Å²) in [4.78, 5) is 17.2. The molecule has 1 amide bonds. The largest absolute Gasteiger partial charge is 0.374 e. The van der Waals surface area contributed by atoms with Gasteiger partial charge < -0.3 is 14.5 Å². The number of carbonyl (C=O) groups is 1. The minimum Gasteiger partial charge on any atom is -0.374 e. The van der Waals surface area contributed by atoms with Crippen molar-refractivity contribution in [2.75, 3.05) is 46.4 Å². The summed E-state index contributed by atoms with van der Waals surface area (Å²) in [6.07, 6.45) is 2.37. The first-order chi connectivity index (χ1) is 11.2. The average molecular weight is 317 g/mol. The Hall–Kier alpha value is -1.43. The molecule has 2 heterocycles. The molecule has 0 spiro atoms. The Kier molecular flexibility index (Phi) is 5.65. The molecule has 0 bridgehead atoms. The number of likely N-dealkylation sites (tertiary alicyclic amines) is 1. The number of hydrogen-bond donors (Lipinski definition) is 1. The maximum absolute atomic E-state index is 12.9. The fourth-order valence-electron chi connectivity index (χ4n) is 3.35. The second kappa shape index (κ2) is 7.90. The lowest BCUT2D eigenvalue weighted by Gasteiger charge is -2.32. The fourth-order valence-corrected chi connectivity index (χ4v) is 3.35. The van der Waals surface area contributed by atoms with Crippen molar-refractivity contribution in [1.29, 1.82) is 0 Å². The van der Waals surface area contributed by atoms with E-state index in [1.165, 1.54) is 0 Å². The van der Waals surface area contributed by atoms with Crippen LogP contribution in [0.2, 0.25) is 0 Å². The fraction of sp³-hybridized carbons (Fsp3) is 0.611. The van der Waals surface area contributed by atoms with Crippen LogP contribution in [-0.2, 0) is 9.53 Å². The number of amides is 1. The Morgan fingerprint density at radius 1 is 1.26 bits per heavy atom. The van der Waals surface area contributed by atoms with Crippen LogP contribution in [0, 0.1) is 0 Å². The summed E-state index contributed by atoms with van der Waals surface area (Å²) in [7, 11) is 2.11. The lowest BCUT2D eigenvalue weighted by atomic mass is 10.1. The number of rotatable bonds is 5. The molecule has 5 nitrogen and oxygen atoms in total. The van der Waals surface area contributed by atoms with E-state index in [9.17, 15) is 4.79 Å². The molecule has 2 fully saturated rings. The highest BCUT2D eigenvalue weighted by Gasteiger charge is 2.28. The lowest BCUT2D eigenvalue weighted by Crippen LogP contribution is -2.47. The van der Waals surface area contributed by atoms with Crippen LogP contribution < -0.4 is 5.32 Å². The first kappa shape index (κ1) is 16.4. The maximum atomic E-state index is 12.9. The molecular weight excluding hydrogens is 290 g/mol. The van der Waals surface area contributed by atoms with E-state index in [4.69, 9.17) is 4.74 Å². The molecule has 0 aromatic heterocycles. The summed E-state index contributed by atoms with van der Waals surface area (Å²) in [6, 6.07) is 9.75. The van der Waals surface area contributed by atoms with Gasteiger partial charge in [0, 0.05) is 32.7 Å². The highest BCUT2D eigenvalue weighted by atomic mass is 16.5.